The highest BCUT2D eigenvalue weighted by Crippen LogP contribution is 2.42. The highest BCUT2D eigenvalue weighted by molar-refractivity contribution is 6.40. The number of nitrogens with zero attached hydrogens (tertiary/aromatic N) is 1. The van der Waals surface area contributed by atoms with Crippen LogP contribution in [0, 0.1) is 5.92 Å². The molecule has 0 spiro atoms. The van der Waals surface area contributed by atoms with E-state index < -0.39 is 23.1 Å². The molecule has 6 rings (SSSR count). The van der Waals surface area contributed by atoms with Crippen LogP contribution < -0.4 is 11.1 Å². The number of rotatable bonds is 3. The van der Waals surface area contributed by atoms with Gasteiger partial charge in [0.2, 0.25) is 0 Å². The quantitative estimate of drug-likeness (QED) is 0.347. The fourth-order valence-electron chi connectivity index (χ4n) is 4.73. The largest absolute Gasteiger partial charge is 0.467 e. The van der Waals surface area contributed by atoms with Crippen molar-refractivity contribution in [2.45, 2.75) is 19.9 Å². The van der Waals surface area contributed by atoms with E-state index in [2.05, 4.69) is 0 Å². The number of hydrogen-bond donors (Lipinski definition) is 0. The maximum Gasteiger partial charge on any atom is 0.329 e. The van der Waals surface area contributed by atoms with E-state index in [9.17, 15) is 14.4 Å². The minimum absolute atomic E-state index is 0.269. The summed E-state index contributed by atoms with van der Waals surface area (Å²) >= 11 is 0. The third kappa shape index (κ3) is 2.13. The standard InChI is InChI=1S/C24H19NO4/c1-12(2)21(24(28)29-3)25-22(26)19-17-13-8-4-5-9-14(13)18(20(19)23(25)27)16-11-7-6-10-15(16)17/h4-12,21H,1-3H3. The van der Waals surface area contributed by atoms with Gasteiger partial charge in [0.05, 0.1) is 17.9 Å². The highest BCUT2D eigenvalue weighted by atomic mass is 16.5. The van der Waals surface area contributed by atoms with E-state index in [0.29, 0.717) is 10.8 Å². The van der Waals surface area contributed by atoms with Gasteiger partial charge in [-0.2, -0.15) is 0 Å². The maximum atomic E-state index is 13.5. The summed E-state index contributed by atoms with van der Waals surface area (Å²) in [6.45, 7) is 3.61. The molecule has 2 bridgehead atoms. The lowest BCUT2D eigenvalue weighted by Crippen LogP contribution is -2.38. The molecule has 144 valence electrons. The predicted octanol–water partition coefficient (Wildman–Crippen LogP) is 4.07. The van der Waals surface area contributed by atoms with E-state index in [1.165, 1.54) is 7.11 Å². The summed E-state index contributed by atoms with van der Waals surface area (Å²) in [6, 6.07) is 14.7. The Bertz CT molecular complexity index is 1370. The van der Waals surface area contributed by atoms with Gasteiger partial charge < -0.3 is 4.74 Å². The second kappa shape index (κ2) is 6.01. The van der Waals surface area contributed by atoms with Crippen molar-refractivity contribution in [3.8, 4) is 0 Å². The lowest BCUT2D eigenvalue weighted by molar-refractivity contribution is -0.146. The van der Waals surface area contributed by atoms with E-state index in [4.69, 9.17) is 4.74 Å². The Kier molecular flexibility index (Phi) is 3.65. The number of methoxy groups -OCH3 is 1. The molecule has 5 nitrogen and oxygen atoms in total. The van der Waals surface area contributed by atoms with Crippen LogP contribution in [0.4, 0.5) is 0 Å². The monoisotopic (exact) mass is 385 g/mol. The third-order valence-corrected chi connectivity index (χ3v) is 5.90. The zero-order chi connectivity index (χ0) is 20.4. The van der Waals surface area contributed by atoms with Crippen LogP contribution in [0.3, 0.4) is 0 Å². The molecule has 6 aromatic rings. The Labute approximate surface area is 165 Å². The van der Waals surface area contributed by atoms with Gasteiger partial charge in [-0.05, 0) is 27.5 Å². The molecule has 1 atom stereocenters. The summed E-state index contributed by atoms with van der Waals surface area (Å²) < 4.78 is 6.01. The summed E-state index contributed by atoms with van der Waals surface area (Å²) in [6.07, 6.45) is 0. The highest BCUT2D eigenvalue weighted by Gasteiger charge is 2.32. The minimum Gasteiger partial charge on any atom is -0.467 e. The van der Waals surface area contributed by atoms with Crippen molar-refractivity contribution >= 4 is 49.1 Å². The fourth-order valence-corrected chi connectivity index (χ4v) is 4.73. The zero-order valence-electron chi connectivity index (χ0n) is 16.4. The van der Waals surface area contributed by atoms with Crippen molar-refractivity contribution in [3.05, 3.63) is 69.2 Å². The molecule has 1 unspecified atom stereocenters. The first-order valence-corrected chi connectivity index (χ1v) is 9.61. The van der Waals surface area contributed by atoms with Crippen LogP contribution in [0.25, 0.3) is 43.1 Å². The topological polar surface area (TPSA) is 65.4 Å². The average Bonchev–Trinajstić information content (AvgIpc) is 2.99. The Morgan fingerprint density at radius 1 is 0.759 bits per heavy atom. The number of aromatic nitrogens is 1. The first kappa shape index (κ1) is 17.6. The lowest BCUT2D eigenvalue weighted by atomic mass is 9.88. The number of benzene rings is 5. The van der Waals surface area contributed by atoms with Crippen LogP contribution in [0.15, 0.2) is 58.1 Å². The number of carbonyl (C=O) groups is 1. The fraction of sp³-hybridized carbons (Fsp3) is 0.208. The summed E-state index contributed by atoms with van der Waals surface area (Å²) in [5.74, 6) is -0.854. The first-order chi connectivity index (χ1) is 14.0. The van der Waals surface area contributed by atoms with Crippen molar-refractivity contribution < 1.29 is 9.53 Å². The predicted molar refractivity (Wildman–Crippen MR) is 115 cm³/mol. The molecule has 5 aromatic carbocycles. The second-order valence-electron chi connectivity index (χ2n) is 7.78. The van der Waals surface area contributed by atoms with Crippen LogP contribution in [-0.4, -0.2) is 17.6 Å². The normalized spacial score (nSPS) is 13.2. The van der Waals surface area contributed by atoms with Crippen LogP contribution >= 0.6 is 0 Å². The van der Waals surface area contributed by atoms with E-state index in [0.717, 1.165) is 36.9 Å². The van der Waals surface area contributed by atoms with Crippen LogP contribution in [0.2, 0.25) is 0 Å². The summed E-state index contributed by atoms with van der Waals surface area (Å²) in [5, 5.41) is 6.13. The number of carbonyl (C=O) groups excluding carboxylic acids is 1. The molecule has 0 aliphatic rings. The Morgan fingerprint density at radius 3 is 1.45 bits per heavy atom. The smallest absolute Gasteiger partial charge is 0.329 e. The average molecular weight is 385 g/mol. The summed E-state index contributed by atoms with van der Waals surface area (Å²) in [7, 11) is 1.27. The third-order valence-electron chi connectivity index (χ3n) is 5.90. The molecule has 1 heterocycles. The van der Waals surface area contributed by atoms with Crippen molar-refractivity contribution in [1.29, 1.82) is 0 Å². The number of ether oxygens (including phenoxy) is 1. The van der Waals surface area contributed by atoms with Crippen molar-refractivity contribution in [2.75, 3.05) is 7.11 Å². The van der Waals surface area contributed by atoms with Crippen molar-refractivity contribution in [3.63, 3.8) is 0 Å². The van der Waals surface area contributed by atoms with Crippen LogP contribution in [0.5, 0.6) is 0 Å². The molecule has 0 fully saturated rings. The maximum absolute atomic E-state index is 13.5. The molecule has 0 radical (unpaired) electrons. The van der Waals surface area contributed by atoms with E-state index in [1.54, 1.807) is 13.8 Å². The van der Waals surface area contributed by atoms with Gasteiger partial charge in [0.25, 0.3) is 11.1 Å². The molecule has 0 saturated heterocycles. The van der Waals surface area contributed by atoms with Gasteiger partial charge in [0.15, 0.2) is 0 Å². The Morgan fingerprint density at radius 2 is 1.14 bits per heavy atom. The molecule has 29 heavy (non-hydrogen) atoms. The van der Waals surface area contributed by atoms with Crippen molar-refractivity contribution in [2.24, 2.45) is 5.92 Å². The second-order valence-corrected chi connectivity index (χ2v) is 7.78. The number of hydrogen-bond acceptors (Lipinski definition) is 4. The van der Waals surface area contributed by atoms with Gasteiger partial charge in [-0.3, -0.25) is 14.2 Å². The van der Waals surface area contributed by atoms with Gasteiger partial charge in [0.1, 0.15) is 6.04 Å². The SMILES string of the molecule is COC(=O)C(C(C)C)n1c(=O)c2c(c1=O)c1c3ccccc3c2c2ccccc21. The summed E-state index contributed by atoms with van der Waals surface area (Å²) in [5.41, 5.74) is -0.851. The van der Waals surface area contributed by atoms with E-state index in [-0.39, 0.29) is 5.92 Å². The van der Waals surface area contributed by atoms with Crippen LogP contribution in [0.1, 0.15) is 19.9 Å². The molecular weight excluding hydrogens is 366 g/mol. The van der Waals surface area contributed by atoms with E-state index >= 15 is 0 Å². The molecule has 0 aliphatic carbocycles. The van der Waals surface area contributed by atoms with Gasteiger partial charge in [-0.1, -0.05) is 62.4 Å². The molecule has 0 amide bonds. The van der Waals surface area contributed by atoms with Gasteiger partial charge in [0, 0.05) is 10.8 Å². The van der Waals surface area contributed by atoms with Gasteiger partial charge in [-0.15, -0.1) is 0 Å². The first-order valence-electron chi connectivity index (χ1n) is 9.61. The minimum atomic E-state index is -0.961. The lowest BCUT2D eigenvalue weighted by Gasteiger charge is -2.18. The molecule has 0 N–H and O–H groups in total. The Hall–Kier alpha value is -3.47. The van der Waals surface area contributed by atoms with Crippen LogP contribution in [-0.2, 0) is 9.53 Å². The van der Waals surface area contributed by atoms with Gasteiger partial charge >= 0.3 is 5.97 Å². The number of esters is 1. The zero-order valence-corrected chi connectivity index (χ0v) is 16.4. The summed E-state index contributed by atoms with van der Waals surface area (Å²) in [4.78, 5) is 39.5. The van der Waals surface area contributed by atoms with E-state index in [1.807, 2.05) is 48.5 Å². The molecule has 0 saturated carbocycles. The van der Waals surface area contributed by atoms with Crippen molar-refractivity contribution in [1.82, 2.24) is 4.57 Å². The molecule has 1 aromatic heterocycles. The molecule has 5 heteroatoms. The Balaban J connectivity index is 2.10. The van der Waals surface area contributed by atoms with Gasteiger partial charge in [-0.25, -0.2) is 4.79 Å². The molecular formula is C24H19NO4. The molecule has 0 aliphatic heterocycles.